The summed E-state index contributed by atoms with van der Waals surface area (Å²) in [4.78, 5) is 11.1. The molecule has 0 heterocycles. The highest BCUT2D eigenvalue weighted by Crippen LogP contribution is 2.41. The molecule has 0 fully saturated rings. The maximum Gasteiger partial charge on any atom is 0.461 e. The van der Waals surface area contributed by atoms with E-state index >= 15 is 4.39 Å². The minimum absolute atomic E-state index is 0.0402. The van der Waals surface area contributed by atoms with Crippen LogP contribution in [0.15, 0.2) is 97.1 Å². The summed E-state index contributed by atoms with van der Waals surface area (Å²) >= 11 is 0. The molecule has 0 aliphatic carbocycles. The van der Waals surface area contributed by atoms with Crippen LogP contribution in [-0.2, 0) is 23.2 Å². The van der Waals surface area contributed by atoms with E-state index in [4.69, 9.17) is 5.11 Å². The first-order valence-corrected chi connectivity index (χ1v) is 13.0. The van der Waals surface area contributed by atoms with Crippen molar-refractivity contribution < 1.29 is 41.0 Å². The molecule has 0 amide bonds. The van der Waals surface area contributed by atoms with Crippen LogP contribution in [0.4, 0.5) is 32.0 Å². The van der Waals surface area contributed by atoms with Gasteiger partial charge in [-0.3, -0.25) is 4.79 Å². The Balaban J connectivity index is 1.93. The molecule has 4 aromatic rings. The number of rotatable bonds is 13. The second kappa shape index (κ2) is 13.0. The van der Waals surface area contributed by atoms with E-state index in [9.17, 15) is 26.7 Å². The van der Waals surface area contributed by atoms with Gasteiger partial charge in [-0.25, -0.2) is 8.78 Å². The summed E-state index contributed by atoms with van der Waals surface area (Å²) in [7, 11) is 0. The summed E-state index contributed by atoms with van der Waals surface area (Å²) in [6.45, 7) is 0. The molecular weight excluding hydrogens is 560 g/mol. The van der Waals surface area contributed by atoms with Crippen molar-refractivity contribution in [1.29, 1.82) is 0 Å². The Morgan fingerprint density at radius 2 is 1.50 bits per heavy atom. The molecule has 220 valence electrons. The van der Waals surface area contributed by atoms with E-state index in [1.807, 2.05) is 0 Å². The summed E-state index contributed by atoms with van der Waals surface area (Å²) in [6.07, 6.45) is -8.37. The summed E-state index contributed by atoms with van der Waals surface area (Å²) in [5, 5.41) is 12.5. The Bertz CT molecular complexity index is 1500. The van der Waals surface area contributed by atoms with E-state index < -0.39 is 41.4 Å². The number of anilines is 1. The first-order valence-electron chi connectivity index (χ1n) is 13.0. The normalized spacial score (nSPS) is 13.0. The van der Waals surface area contributed by atoms with Crippen molar-refractivity contribution >= 4 is 11.7 Å². The van der Waals surface area contributed by atoms with Gasteiger partial charge in [0.1, 0.15) is 17.4 Å². The minimum Gasteiger partial charge on any atom is -0.481 e. The van der Waals surface area contributed by atoms with Gasteiger partial charge in [0.15, 0.2) is 0 Å². The summed E-state index contributed by atoms with van der Waals surface area (Å²) in [5.74, 6) is -3.37. The molecular formula is C32H27F6NO3. The first kappa shape index (κ1) is 30.5. The lowest BCUT2D eigenvalue weighted by molar-refractivity contribution is -0.253. The van der Waals surface area contributed by atoms with Gasteiger partial charge in [-0.05, 0) is 65.4 Å². The number of carbonyl (C=O) groups is 1. The van der Waals surface area contributed by atoms with Gasteiger partial charge in [0.05, 0.1) is 5.54 Å². The third-order valence-corrected chi connectivity index (χ3v) is 6.72. The number of aliphatic carboxylic acids is 1. The molecule has 4 aromatic carbocycles. The van der Waals surface area contributed by atoms with Gasteiger partial charge in [-0.1, -0.05) is 60.7 Å². The highest BCUT2D eigenvalue weighted by atomic mass is 19.3. The monoisotopic (exact) mass is 587 g/mol. The SMILES string of the molecule is O=C(O)CCCc1ccccc1N[C@](Cc1ccccc1)(c1ccc(F)cc1)c1cc(F)cc(OC(F)(F)C(F)F)c1. The predicted octanol–water partition coefficient (Wildman–Crippen LogP) is 8.21. The average Bonchev–Trinajstić information content (AvgIpc) is 2.93. The molecule has 10 heteroatoms. The minimum atomic E-state index is -4.88. The van der Waals surface area contributed by atoms with Gasteiger partial charge in [0.2, 0.25) is 0 Å². The lowest BCUT2D eigenvalue weighted by Gasteiger charge is -2.38. The molecule has 0 unspecified atom stereocenters. The van der Waals surface area contributed by atoms with Crippen molar-refractivity contribution in [1.82, 2.24) is 0 Å². The second-order valence-electron chi connectivity index (χ2n) is 9.74. The molecule has 0 aliphatic heterocycles. The van der Waals surface area contributed by atoms with Crippen molar-refractivity contribution in [2.24, 2.45) is 0 Å². The highest BCUT2D eigenvalue weighted by Gasteiger charge is 2.44. The topological polar surface area (TPSA) is 58.6 Å². The number of para-hydroxylation sites is 1. The first-order chi connectivity index (χ1) is 20.0. The molecule has 0 aliphatic rings. The zero-order valence-electron chi connectivity index (χ0n) is 22.2. The Kier molecular flexibility index (Phi) is 9.45. The second-order valence-corrected chi connectivity index (χ2v) is 9.74. The predicted molar refractivity (Wildman–Crippen MR) is 146 cm³/mol. The lowest BCUT2D eigenvalue weighted by atomic mass is 9.77. The quantitative estimate of drug-likeness (QED) is 0.155. The number of halogens is 6. The van der Waals surface area contributed by atoms with Crippen LogP contribution >= 0.6 is 0 Å². The smallest absolute Gasteiger partial charge is 0.461 e. The number of aryl methyl sites for hydroxylation is 1. The number of carboxylic acid groups (broad SMARTS) is 1. The fourth-order valence-electron chi connectivity index (χ4n) is 4.79. The molecule has 4 rings (SSSR count). The molecule has 0 saturated heterocycles. The molecule has 42 heavy (non-hydrogen) atoms. The molecule has 0 aromatic heterocycles. The van der Waals surface area contributed by atoms with Gasteiger partial charge in [0, 0.05) is 24.6 Å². The number of ether oxygens (including phenoxy) is 1. The summed E-state index contributed by atoms with van der Waals surface area (Å²) in [6, 6.07) is 23.9. The summed E-state index contributed by atoms with van der Waals surface area (Å²) in [5.41, 5.74) is 0.937. The molecule has 1 atom stereocenters. The van der Waals surface area contributed by atoms with E-state index in [-0.39, 0.29) is 18.4 Å². The molecule has 2 N–H and O–H groups in total. The number of hydrogen-bond donors (Lipinski definition) is 2. The molecule has 0 spiro atoms. The molecule has 0 radical (unpaired) electrons. The largest absolute Gasteiger partial charge is 0.481 e. The lowest BCUT2D eigenvalue weighted by Crippen LogP contribution is -2.40. The number of benzene rings is 4. The van der Waals surface area contributed by atoms with E-state index in [2.05, 4.69) is 10.1 Å². The van der Waals surface area contributed by atoms with Gasteiger partial charge in [0.25, 0.3) is 0 Å². The molecule has 0 saturated carbocycles. The van der Waals surface area contributed by atoms with Crippen LogP contribution in [0.3, 0.4) is 0 Å². The Morgan fingerprint density at radius 3 is 2.17 bits per heavy atom. The van der Waals surface area contributed by atoms with Crippen molar-refractivity contribution in [3.05, 3.63) is 131 Å². The average molecular weight is 588 g/mol. The van der Waals surface area contributed by atoms with Gasteiger partial charge < -0.3 is 15.2 Å². The van der Waals surface area contributed by atoms with E-state index in [0.29, 0.717) is 30.2 Å². The van der Waals surface area contributed by atoms with Crippen molar-refractivity contribution in [2.75, 3.05) is 5.32 Å². The van der Waals surface area contributed by atoms with E-state index in [1.54, 1.807) is 54.6 Å². The number of alkyl halides is 4. The van der Waals surface area contributed by atoms with E-state index in [0.717, 1.165) is 23.3 Å². The molecule has 0 bridgehead atoms. The third-order valence-electron chi connectivity index (χ3n) is 6.72. The Morgan fingerprint density at radius 1 is 0.833 bits per heavy atom. The highest BCUT2D eigenvalue weighted by molar-refractivity contribution is 5.67. The van der Waals surface area contributed by atoms with Gasteiger partial charge in [-0.2, -0.15) is 17.6 Å². The molecule has 4 nitrogen and oxygen atoms in total. The van der Waals surface area contributed by atoms with Crippen LogP contribution in [-0.4, -0.2) is 23.6 Å². The van der Waals surface area contributed by atoms with Crippen LogP contribution in [0.2, 0.25) is 0 Å². The van der Waals surface area contributed by atoms with Crippen LogP contribution in [0.1, 0.15) is 35.1 Å². The standard InChI is InChI=1S/C32H27F6NO3/c33-25-15-13-23(14-16-25)31(20-21-7-2-1-3-8-21,39-28-11-5-4-9-22(28)10-6-12-29(40)41)24-17-26(34)19-27(18-24)42-32(37,38)30(35)36/h1-5,7-9,11,13-19,30,39H,6,10,12,20H2,(H,40,41)/t31-/m1/s1. The fourth-order valence-corrected chi connectivity index (χ4v) is 4.79. The van der Waals surface area contributed by atoms with Crippen molar-refractivity contribution in [3.63, 3.8) is 0 Å². The van der Waals surface area contributed by atoms with Crippen LogP contribution < -0.4 is 10.1 Å². The van der Waals surface area contributed by atoms with Gasteiger partial charge in [-0.15, -0.1) is 0 Å². The zero-order valence-corrected chi connectivity index (χ0v) is 22.2. The van der Waals surface area contributed by atoms with Crippen LogP contribution in [0, 0.1) is 11.6 Å². The van der Waals surface area contributed by atoms with Crippen LogP contribution in [0.5, 0.6) is 5.75 Å². The zero-order chi connectivity index (χ0) is 30.3. The van der Waals surface area contributed by atoms with E-state index in [1.165, 1.54) is 24.3 Å². The number of carboxylic acids is 1. The fraction of sp³-hybridized carbons (Fsp3) is 0.219. The summed E-state index contributed by atoms with van der Waals surface area (Å²) < 4.78 is 87.1. The Hall–Kier alpha value is -4.47. The number of nitrogens with one attached hydrogen (secondary N) is 1. The van der Waals surface area contributed by atoms with Crippen molar-refractivity contribution in [3.8, 4) is 5.75 Å². The maximum absolute atomic E-state index is 15.1. The van der Waals surface area contributed by atoms with Gasteiger partial charge >= 0.3 is 18.5 Å². The maximum atomic E-state index is 15.1. The van der Waals surface area contributed by atoms with Crippen LogP contribution in [0.25, 0.3) is 0 Å². The Labute approximate surface area is 238 Å². The number of hydrogen-bond acceptors (Lipinski definition) is 3. The third kappa shape index (κ3) is 7.43. The van der Waals surface area contributed by atoms with Crippen molar-refractivity contribution in [2.45, 2.75) is 43.8 Å².